The molecule has 1 amide bonds. The third kappa shape index (κ3) is 4.64. The van der Waals surface area contributed by atoms with Gasteiger partial charge in [-0.1, -0.05) is 47.6 Å². The van der Waals surface area contributed by atoms with Crippen LogP contribution in [0.4, 0.5) is 5.69 Å². The van der Waals surface area contributed by atoms with Crippen molar-refractivity contribution in [1.82, 2.24) is 10.1 Å². The van der Waals surface area contributed by atoms with Crippen LogP contribution in [0.3, 0.4) is 0 Å². The van der Waals surface area contributed by atoms with Crippen molar-refractivity contribution in [1.29, 1.82) is 0 Å². The predicted molar refractivity (Wildman–Crippen MR) is 119 cm³/mol. The van der Waals surface area contributed by atoms with E-state index >= 15 is 0 Å². The van der Waals surface area contributed by atoms with Crippen LogP contribution in [-0.4, -0.2) is 35.7 Å². The van der Waals surface area contributed by atoms with Crippen LogP contribution in [0.15, 0.2) is 65.2 Å². The number of fused-ring (bicyclic) bond motifs is 2. The molecule has 1 aromatic heterocycles. The first-order valence-corrected chi connectivity index (χ1v) is 11.0. The second kappa shape index (κ2) is 8.94. The van der Waals surface area contributed by atoms with Gasteiger partial charge < -0.3 is 14.6 Å². The molecule has 0 spiro atoms. The van der Waals surface area contributed by atoms with Gasteiger partial charge >= 0.3 is 0 Å². The number of nitrogens with zero attached hydrogens (tertiary/aromatic N) is 2. The van der Waals surface area contributed by atoms with E-state index in [1.807, 2.05) is 60.7 Å². The number of benzene rings is 2. The van der Waals surface area contributed by atoms with E-state index in [2.05, 4.69) is 15.4 Å². The molecule has 6 nitrogen and oxygen atoms in total. The summed E-state index contributed by atoms with van der Waals surface area (Å²) in [6, 6.07) is 19.8. The van der Waals surface area contributed by atoms with Gasteiger partial charge in [0.05, 0.1) is 18.8 Å². The summed E-state index contributed by atoms with van der Waals surface area (Å²) in [4.78, 5) is 15.0. The highest BCUT2D eigenvalue weighted by Crippen LogP contribution is 2.33. The lowest BCUT2D eigenvalue weighted by atomic mass is 9.81. The van der Waals surface area contributed by atoms with E-state index in [4.69, 9.17) is 9.26 Å². The third-order valence-corrected chi connectivity index (χ3v) is 6.34. The van der Waals surface area contributed by atoms with Gasteiger partial charge in [0.2, 0.25) is 5.91 Å². The molecule has 2 atom stereocenters. The predicted octanol–water partition coefficient (Wildman–Crippen LogP) is 4.59. The van der Waals surface area contributed by atoms with Crippen LogP contribution >= 0.6 is 0 Å². The van der Waals surface area contributed by atoms with E-state index < -0.39 is 0 Å². The SMILES string of the molecule is O=C1C[C@@H]2CCN(Cc3cc(-c4ccccc4)no3)C[C@@H]2CCOc2ccccc2N1. The van der Waals surface area contributed by atoms with Gasteiger partial charge in [-0.25, -0.2) is 0 Å². The number of rotatable bonds is 3. The van der Waals surface area contributed by atoms with Crippen LogP contribution in [0.25, 0.3) is 11.3 Å². The van der Waals surface area contributed by atoms with E-state index in [0.29, 0.717) is 24.9 Å². The summed E-state index contributed by atoms with van der Waals surface area (Å²) in [6.45, 7) is 3.28. The number of aromatic nitrogens is 1. The van der Waals surface area contributed by atoms with Crippen molar-refractivity contribution < 1.29 is 14.1 Å². The van der Waals surface area contributed by atoms with Crippen molar-refractivity contribution in [2.75, 3.05) is 25.0 Å². The van der Waals surface area contributed by atoms with Crippen LogP contribution in [0.2, 0.25) is 0 Å². The summed E-state index contributed by atoms with van der Waals surface area (Å²) in [5.41, 5.74) is 2.70. The van der Waals surface area contributed by atoms with Crippen molar-refractivity contribution >= 4 is 11.6 Å². The molecule has 1 fully saturated rings. The van der Waals surface area contributed by atoms with Gasteiger partial charge in [-0.15, -0.1) is 0 Å². The van der Waals surface area contributed by atoms with E-state index in [1.165, 1.54) is 0 Å². The molecule has 0 unspecified atom stereocenters. The van der Waals surface area contributed by atoms with Crippen molar-refractivity contribution in [3.05, 3.63) is 66.4 Å². The number of para-hydroxylation sites is 2. The molecule has 31 heavy (non-hydrogen) atoms. The smallest absolute Gasteiger partial charge is 0.224 e. The maximum absolute atomic E-state index is 12.6. The molecule has 2 aromatic carbocycles. The molecule has 0 saturated carbocycles. The molecule has 2 aliphatic rings. The second-order valence-electron chi connectivity index (χ2n) is 8.47. The fraction of sp³-hybridized carbons (Fsp3) is 0.360. The summed E-state index contributed by atoms with van der Waals surface area (Å²) in [5.74, 6) is 2.49. The fourth-order valence-corrected chi connectivity index (χ4v) is 4.70. The molecule has 2 aliphatic heterocycles. The highest BCUT2D eigenvalue weighted by atomic mass is 16.5. The lowest BCUT2D eigenvalue weighted by Gasteiger charge is -2.38. The summed E-state index contributed by atoms with van der Waals surface area (Å²) >= 11 is 0. The van der Waals surface area contributed by atoms with Gasteiger partial charge in [0.25, 0.3) is 0 Å². The molecule has 3 aromatic rings. The van der Waals surface area contributed by atoms with Gasteiger partial charge in [0.1, 0.15) is 11.4 Å². The van der Waals surface area contributed by atoms with Gasteiger partial charge in [-0.05, 0) is 43.4 Å². The number of piperidine rings is 1. The van der Waals surface area contributed by atoms with Crippen LogP contribution in [0.5, 0.6) is 5.75 Å². The Morgan fingerprint density at radius 2 is 1.87 bits per heavy atom. The Bertz CT molecular complexity index is 1030. The number of carbonyl (C=O) groups is 1. The Hall–Kier alpha value is -3.12. The van der Waals surface area contributed by atoms with Crippen LogP contribution in [-0.2, 0) is 11.3 Å². The number of likely N-dealkylation sites (tertiary alicyclic amines) is 1. The molecule has 0 radical (unpaired) electrons. The van der Waals surface area contributed by atoms with Crippen molar-refractivity contribution in [3.63, 3.8) is 0 Å². The minimum Gasteiger partial charge on any atom is -0.491 e. The average Bonchev–Trinajstić information content (AvgIpc) is 3.25. The van der Waals surface area contributed by atoms with Crippen molar-refractivity contribution in [3.8, 4) is 17.0 Å². The monoisotopic (exact) mass is 417 g/mol. The Kier molecular flexibility index (Phi) is 5.71. The summed E-state index contributed by atoms with van der Waals surface area (Å²) in [6.07, 6.45) is 2.50. The van der Waals surface area contributed by atoms with E-state index in [0.717, 1.165) is 60.9 Å². The molecule has 0 aliphatic carbocycles. The number of nitrogens with one attached hydrogen (secondary N) is 1. The first-order valence-electron chi connectivity index (χ1n) is 11.0. The molecule has 160 valence electrons. The summed E-state index contributed by atoms with van der Waals surface area (Å²) in [7, 11) is 0. The fourth-order valence-electron chi connectivity index (χ4n) is 4.70. The number of hydrogen-bond acceptors (Lipinski definition) is 5. The molecule has 5 rings (SSSR count). The van der Waals surface area contributed by atoms with Gasteiger partial charge in [0.15, 0.2) is 5.76 Å². The highest BCUT2D eigenvalue weighted by molar-refractivity contribution is 5.92. The Morgan fingerprint density at radius 3 is 2.77 bits per heavy atom. The molecular formula is C25H27N3O3. The maximum Gasteiger partial charge on any atom is 0.224 e. The molecular weight excluding hydrogens is 390 g/mol. The minimum absolute atomic E-state index is 0.0733. The van der Waals surface area contributed by atoms with Crippen LogP contribution < -0.4 is 10.1 Å². The largest absolute Gasteiger partial charge is 0.491 e. The lowest BCUT2D eigenvalue weighted by Crippen LogP contribution is -2.42. The number of hydrogen-bond donors (Lipinski definition) is 1. The topological polar surface area (TPSA) is 67.6 Å². The number of ether oxygens (including phenoxy) is 1. The number of amides is 1. The molecule has 1 N–H and O–H groups in total. The van der Waals surface area contributed by atoms with Gasteiger partial charge in [0, 0.05) is 24.6 Å². The summed E-state index contributed by atoms with van der Waals surface area (Å²) in [5, 5.41) is 7.27. The Morgan fingerprint density at radius 1 is 1.03 bits per heavy atom. The minimum atomic E-state index is 0.0733. The standard InChI is InChI=1S/C25H27N3O3/c29-25-14-19-10-12-28(17-21-15-23(27-31-21)18-6-2-1-3-7-18)16-20(19)11-13-30-24-9-5-4-8-22(24)26-25/h1-9,15,19-20H,10-14,16-17H2,(H,26,29)/t19-,20-/m0/s1. The second-order valence-corrected chi connectivity index (χ2v) is 8.47. The first-order chi connectivity index (χ1) is 15.2. The first kappa shape index (κ1) is 19.8. The normalized spacial score (nSPS) is 22.0. The third-order valence-electron chi connectivity index (χ3n) is 6.34. The number of anilines is 1. The highest BCUT2D eigenvalue weighted by Gasteiger charge is 2.32. The van der Waals surface area contributed by atoms with Gasteiger partial charge in [-0.3, -0.25) is 9.69 Å². The van der Waals surface area contributed by atoms with Crippen LogP contribution in [0.1, 0.15) is 25.0 Å². The summed E-state index contributed by atoms with van der Waals surface area (Å²) < 4.78 is 11.6. The van der Waals surface area contributed by atoms with Gasteiger partial charge in [-0.2, -0.15) is 0 Å². The Labute approximate surface area is 182 Å². The van der Waals surface area contributed by atoms with E-state index in [1.54, 1.807) is 0 Å². The molecule has 6 heteroatoms. The maximum atomic E-state index is 12.6. The zero-order valence-electron chi connectivity index (χ0n) is 17.5. The zero-order chi connectivity index (χ0) is 21.0. The zero-order valence-corrected chi connectivity index (χ0v) is 17.5. The van der Waals surface area contributed by atoms with Crippen molar-refractivity contribution in [2.45, 2.75) is 25.8 Å². The lowest BCUT2D eigenvalue weighted by molar-refractivity contribution is -0.118. The van der Waals surface area contributed by atoms with Crippen molar-refractivity contribution in [2.24, 2.45) is 11.8 Å². The molecule has 1 saturated heterocycles. The van der Waals surface area contributed by atoms with Crippen LogP contribution in [0, 0.1) is 11.8 Å². The molecule has 3 heterocycles. The number of carbonyl (C=O) groups excluding carboxylic acids is 1. The molecule has 0 bridgehead atoms. The van der Waals surface area contributed by atoms with E-state index in [-0.39, 0.29) is 5.91 Å². The quantitative estimate of drug-likeness (QED) is 0.675. The van der Waals surface area contributed by atoms with E-state index in [9.17, 15) is 4.79 Å². The Balaban J connectivity index is 1.24. The average molecular weight is 418 g/mol.